The molecule has 1 aromatic heterocycles. The van der Waals surface area contributed by atoms with E-state index < -0.39 is 0 Å². The highest BCUT2D eigenvalue weighted by molar-refractivity contribution is 5.79. The lowest BCUT2D eigenvalue weighted by Gasteiger charge is -2.24. The normalized spacial score (nSPS) is 11.6. The fourth-order valence-electron chi connectivity index (χ4n) is 1.74. The van der Waals surface area contributed by atoms with Gasteiger partial charge in [-0.1, -0.05) is 6.92 Å². The minimum atomic E-state index is -0.138. The number of nitrogens with zero attached hydrogens (tertiary/aromatic N) is 2. The molecule has 0 bridgehead atoms. The van der Waals surface area contributed by atoms with Crippen molar-refractivity contribution in [2.45, 2.75) is 53.0 Å². The van der Waals surface area contributed by atoms with Crippen LogP contribution >= 0.6 is 0 Å². The highest BCUT2D eigenvalue weighted by atomic mass is 16.1. The first-order valence-corrected chi connectivity index (χ1v) is 6.07. The maximum Gasteiger partial charge on any atom is 0.224 e. The van der Waals surface area contributed by atoms with Gasteiger partial charge >= 0.3 is 0 Å². The van der Waals surface area contributed by atoms with Gasteiger partial charge in [0, 0.05) is 23.8 Å². The van der Waals surface area contributed by atoms with E-state index in [-0.39, 0.29) is 11.4 Å². The Balaban J connectivity index is 2.75. The zero-order valence-corrected chi connectivity index (χ0v) is 11.7. The number of rotatable bonds is 4. The molecule has 0 saturated carbocycles. The van der Waals surface area contributed by atoms with Crippen LogP contribution in [0.15, 0.2) is 0 Å². The van der Waals surface area contributed by atoms with Crippen LogP contribution in [0.3, 0.4) is 0 Å². The van der Waals surface area contributed by atoms with Gasteiger partial charge in [0.1, 0.15) is 0 Å². The summed E-state index contributed by atoms with van der Waals surface area (Å²) in [5, 5.41) is 7.36. The van der Waals surface area contributed by atoms with E-state index in [9.17, 15) is 4.79 Å². The van der Waals surface area contributed by atoms with Crippen molar-refractivity contribution in [2.24, 2.45) is 7.05 Å². The van der Waals surface area contributed by atoms with Crippen LogP contribution in [0.5, 0.6) is 0 Å². The zero-order chi connectivity index (χ0) is 13.2. The molecule has 0 saturated heterocycles. The summed E-state index contributed by atoms with van der Waals surface area (Å²) >= 11 is 0. The molecule has 0 spiro atoms. The number of aryl methyl sites for hydroxylation is 2. The molecule has 1 N–H and O–H groups in total. The van der Waals surface area contributed by atoms with Gasteiger partial charge < -0.3 is 5.32 Å². The first-order valence-electron chi connectivity index (χ1n) is 6.07. The molecule has 1 amide bonds. The van der Waals surface area contributed by atoms with E-state index >= 15 is 0 Å². The molecule has 0 fully saturated rings. The highest BCUT2D eigenvalue weighted by Crippen LogP contribution is 2.14. The van der Waals surface area contributed by atoms with Gasteiger partial charge in [-0.15, -0.1) is 0 Å². The van der Waals surface area contributed by atoms with E-state index in [1.54, 1.807) is 0 Å². The first kappa shape index (κ1) is 13.7. The van der Waals surface area contributed by atoms with Crippen molar-refractivity contribution in [1.82, 2.24) is 15.1 Å². The molecule has 96 valence electrons. The Bertz CT molecular complexity index is 419. The summed E-state index contributed by atoms with van der Waals surface area (Å²) in [6.07, 6.45) is 1.33. The number of nitrogens with one attached hydrogen (secondary N) is 1. The standard InChI is InChI=1S/C13H23N3O/c1-7-13(4,5)14-12(17)8-11-9(2)15-16(6)10(11)3/h7-8H2,1-6H3,(H,14,17). The quantitative estimate of drug-likeness (QED) is 0.869. The zero-order valence-electron chi connectivity index (χ0n) is 11.7. The van der Waals surface area contributed by atoms with Gasteiger partial charge in [0.25, 0.3) is 0 Å². The van der Waals surface area contributed by atoms with Gasteiger partial charge in [0.15, 0.2) is 0 Å². The fraction of sp³-hybridized carbons (Fsp3) is 0.692. The Morgan fingerprint density at radius 2 is 2.00 bits per heavy atom. The Labute approximate surface area is 103 Å². The smallest absolute Gasteiger partial charge is 0.224 e. The molecule has 17 heavy (non-hydrogen) atoms. The molecule has 0 radical (unpaired) electrons. The van der Waals surface area contributed by atoms with E-state index in [2.05, 4.69) is 17.3 Å². The maximum absolute atomic E-state index is 12.0. The third-order valence-electron chi connectivity index (χ3n) is 3.36. The molecule has 0 aliphatic heterocycles. The number of carbonyl (C=O) groups excluding carboxylic acids is 1. The van der Waals surface area contributed by atoms with Crippen molar-refractivity contribution in [1.29, 1.82) is 0 Å². The molecule has 1 rings (SSSR count). The third kappa shape index (κ3) is 3.32. The molecule has 0 unspecified atom stereocenters. The van der Waals surface area contributed by atoms with Crippen LogP contribution in [0.1, 0.15) is 44.1 Å². The van der Waals surface area contributed by atoms with Gasteiger partial charge in [-0.2, -0.15) is 5.10 Å². The second-order valence-electron chi connectivity index (χ2n) is 5.24. The molecule has 4 nitrogen and oxygen atoms in total. The summed E-state index contributed by atoms with van der Waals surface area (Å²) in [5.41, 5.74) is 2.90. The molecule has 1 heterocycles. The lowest BCUT2D eigenvalue weighted by molar-refractivity contribution is -0.122. The number of amides is 1. The highest BCUT2D eigenvalue weighted by Gasteiger charge is 2.20. The molecule has 4 heteroatoms. The van der Waals surface area contributed by atoms with E-state index in [0.717, 1.165) is 23.4 Å². The predicted molar refractivity (Wildman–Crippen MR) is 68.9 cm³/mol. The second kappa shape index (κ2) is 4.90. The first-order chi connectivity index (χ1) is 7.76. The topological polar surface area (TPSA) is 46.9 Å². The summed E-state index contributed by atoms with van der Waals surface area (Å²) in [7, 11) is 1.90. The van der Waals surface area contributed by atoms with E-state index in [4.69, 9.17) is 0 Å². The lowest BCUT2D eigenvalue weighted by atomic mass is 10.0. The average molecular weight is 237 g/mol. The van der Waals surface area contributed by atoms with Gasteiger partial charge in [-0.3, -0.25) is 9.48 Å². The number of hydrogen-bond donors (Lipinski definition) is 1. The Kier molecular flexibility index (Phi) is 3.96. The minimum absolute atomic E-state index is 0.0658. The molecule has 0 aromatic carbocycles. The Morgan fingerprint density at radius 1 is 1.41 bits per heavy atom. The van der Waals surface area contributed by atoms with Crippen molar-refractivity contribution in [3.05, 3.63) is 17.0 Å². The van der Waals surface area contributed by atoms with Crippen LogP contribution in [-0.2, 0) is 18.3 Å². The van der Waals surface area contributed by atoms with Crippen LogP contribution < -0.4 is 5.32 Å². The third-order valence-corrected chi connectivity index (χ3v) is 3.36. The van der Waals surface area contributed by atoms with Crippen molar-refractivity contribution in [3.63, 3.8) is 0 Å². The van der Waals surface area contributed by atoms with E-state index in [1.807, 2.05) is 39.4 Å². The Hall–Kier alpha value is -1.32. The van der Waals surface area contributed by atoms with Crippen LogP contribution in [0.4, 0.5) is 0 Å². The van der Waals surface area contributed by atoms with Gasteiger partial charge in [0.05, 0.1) is 12.1 Å². The average Bonchev–Trinajstić information content (AvgIpc) is 2.44. The predicted octanol–water partition coefficient (Wildman–Crippen LogP) is 1.88. The number of hydrogen-bond acceptors (Lipinski definition) is 2. The molecular weight excluding hydrogens is 214 g/mol. The minimum Gasteiger partial charge on any atom is -0.351 e. The summed E-state index contributed by atoms with van der Waals surface area (Å²) < 4.78 is 1.82. The second-order valence-corrected chi connectivity index (χ2v) is 5.24. The van der Waals surface area contributed by atoms with Crippen molar-refractivity contribution >= 4 is 5.91 Å². The van der Waals surface area contributed by atoms with E-state index in [0.29, 0.717) is 6.42 Å². The van der Waals surface area contributed by atoms with Crippen molar-refractivity contribution in [3.8, 4) is 0 Å². The molecule has 0 aliphatic carbocycles. The SMILES string of the molecule is CCC(C)(C)NC(=O)Cc1c(C)nn(C)c1C. The summed E-state index contributed by atoms with van der Waals surface area (Å²) in [4.78, 5) is 12.0. The van der Waals surface area contributed by atoms with Crippen LogP contribution in [0.25, 0.3) is 0 Å². The van der Waals surface area contributed by atoms with Gasteiger partial charge in [-0.25, -0.2) is 0 Å². The number of carbonyl (C=O) groups is 1. The molecular formula is C13H23N3O. The van der Waals surface area contributed by atoms with Crippen molar-refractivity contribution < 1.29 is 4.79 Å². The maximum atomic E-state index is 12.0. The van der Waals surface area contributed by atoms with Crippen LogP contribution in [0, 0.1) is 13.8 Å². The number of aromatic nitrogens is 2. The van der Waals surface area contributed by atoms with Crippen LogP contribution in [0.2, 0.25) is 0 Å². The van der Waals surface area contributed by atoms with Crippen LogP contribution in [-0.4, -0.2) is 21.2 Å². The summed E-state index contributed by atoms with van der Waals surface area (Å²) in [6.45, 7) is 10.1. The van der Waals surface area contributed by atoms with Gasteiger partial charge in [-0.05, 0) is 34.1 Å². The fourth-order valence-corrected chi connectivity index (χ4v) is 1.74. The molecule has 0 aliphatic rings. The largest absolute Gasteiger partial charge is 0.351 e. The van der Waals surface area contributed by atoms with E-state index in [1.165, 1.54) is 0 Å². The molecule has 0 atom stereocenters. The van der Waals surface area contributed by atoms with Crippen molar-refractivity contribution in [2.75, 3.05) is 0 Å². The monoisotopic (exact) mass is 237 g/mol. The summed E-state index contributed by atoms with van der Waals surface area (Å²) in [5.74, 6) is 0.0658. The lowest BCUT2D eigenvalue weighted by Crippen LogP contribution is -2.43. The molecule has 1 aromatic rings. The Morgan fingerprint density at radius 3 is 2.41 bits per heavy atom. The summed E-state index contributed by atoms with van der Waals surface area (Å²) in [6, 6.07) is 0. The van der Waals surface area contributed by atoms with Gasteiger partial charge in [0.2, 0.25) is 5.91 Å².